The van der Waals surface area contributed by atoms with Crippen molar-refractivity contribution >= 4 is 18.3 Å². The number of nitrogens with two attached hydrogens (primary N) is 1. The maximum atomic E-state index is 11.8. The molecule has 2 N–H and O–H groups in total. The molecule has 0 aromatic heterocycles. The van der Waals surface area contributed by atoms with E-state index in [9.17, 15) is 4.79 Å². The van der Waals surface area contributed by atoms with Gasteiger partial charge in [-0.3, -0.25) is 4.79 Å². The highest BCUT2D eigenvalue weighted by molar-refractivity contribution is 5.85. The van der Waals surface area contributed by atoms with Gasteiger partial charge in [-0.2, -0.15) is 0 Å². The van der Waals surface area contributed by atoms with E-state index in [1.54, 1.807) is 11.0 Å². The van der Waals surface area contributed by atoms with Crippen LogP contribution < -0.4 is 5.73 Å². The zero-order chi connectivity index (χ0) is 14.0. The van der Waals surface area contributed by atoms with Crippen molar-refractivity contribution < 1.29 is 9.53 Å². The van der Waals surface area contributed by atoms with E-state index >= 15 is 0 Å². The number of nitrogens with zero attached hydrogens (tertiary/aromatic N) is 1. The molecule has 5 heteroatoms. The van der Waals surface area contributed by atoms with Crippen molar-refractivity contribution in [3.63, 3.8) is 0 Å². The lowest BCUT2D eigenvalue weighted by Crippen LogP contribution is -2.34. The first-order chi connectivity index (χ1) is 8.49. The van der Waals surface area contributed by atoms with Crippen LogP contribution >= 0.6 is 12.4 Å². The molecule has 1 amide bonds. The van der Waals surface area contributed by atoms with Gasteiger partial charge in [0, 0.05) is 32.7 Å². The van der Waals surface area contributed by atoms with Crippen molar-refractivity contribution in [3.05, 3.63) is 12.7 Å². The minimum atomic E-state index is 0. The molecule has 19 heavy (non-hydrogen) atoms. The molecule has 1 unspecified atom stereocenters. The van der Waals surface area contributed by atoms with Gasteiger partial charge in [0.15, 0.2) is 0 Å². The van der Waals surface area contributed by atoms with Gasteiger partial charge in [0.25, 0.3) is 0 Å². The molecule has 114 valence electrons. The number of ether oxygens (including phenoxy) is 1. The van der Waals surface area contributed by atoms with Gasteiger partial charge < -0.3 is 15.4 Å². The number of amides is 1. The summed E-state index contributed by atoms with van der Waals surface area (Å²) < 4.78 is 5.23. The first-order valence-corrected chi connectivity index (χ1v) is 6.67. The number of carbonyl (C=O) groups is 1. The van der Waals surface area contributed by atoms with Gasteiger partial charge in [-0.15, -0.1) is 19.0 Å². The van der Waals surface area contributed by atoms with Crippen LogP contribution in [0.3, 0.4) is 0 Å². The SMILES string of the molecule is C=CCOCCCC(=O)N(C)CCC(N)C(C)C.Cl. The van der Waals surface area contributed by atoms with E-state index in [0.29, 0.717) is 25.6 Å². The Morgan fingerprint density at radius 2 is 2.11 bits per heavy atom. The summed E-state index contributed by atoms with van der Waals surface area (Å²) in [6.45, 7) is 9.65. The molecule has 0 aliphatic heterocycles. The Balaban J connectivity index is 0. The van der Waals surface area contributed by atoms with Crippen molar-refractivity contribution in [2.24, 2.45) is 11.7 Å². The fourth-order valence-corrected chi connectivity index (χ4v) is 1.48. The summed E-state index contributed by atoms with van der Waals surface area (Å²) in [5.74, 6) is 0.619. The molecule has 0 spiro atoms. The van der Waals surface area contributed by atoms with Crippen molar-refractivity contribution in [2.75, 3.05) is 26.8 Å². The summed E-state index contributed by atoms with van der Waals surface area (Å²) in [5, 5.41) is 0. The van der Waals surface area contributed by atoms with Gasteiger partial charge >= 0.3 is 0 Å². The third-order valence-electron chi connectivity index (χ3n) is 2.99. The number of hydrogen-bond donors (Lipinski definition) is 1. The van der Waals surface area contributed by atoms with E-state index in [2.05, 4.69) is 20.4 Å². The average Bonchev–Trinajstić information content (AvgIpc) is 2.34. The van der Waals surface area contributed by atoms with Gasteiger partial charge in [0.2, 0.25) is 5.91 Å². The molecule has 0 saturated carbocycles. The van der Waals surface area contributed by atoms with E-state index in [4.69, 9.17) is 10.5 Å². The van der Waals surface area contributed by atoms with Crippen LogP contribution in [0, 0.1) is 5.92 Å². The minimum absolute atomic E-state index is 0. The molecule has 0 aromatic carbocycles. The molecule has 1 atom stereocenters. The highest BCUT2D eigenvalue weighted by atomic mass is 35.5. The monoisotopic (exact) mass is 292 g/mol. The van der Waals surface area contributed by atoms with Crippen LogP contribution in [-0.4, -0.2) is 43.7 Å². The Bertz CT molecular complexity index is 248. The highest BCUT2D eigenvalue weighted by Crippen LogP contribution is 2.05. The number of hydrogen-bond acceptors (Lipinski definition) is 3. The number of rotatable bonds is 10. The lowest BCUT2D eigenvalue weighted by atomic mass is 10.0. The fourth-order valence-electron chi connectivity index (χ4n) is 1.48. The summed E-state index contributed by atoms with van der Waals surface area (Å²) in [7, 11) is 1.83. The lowest BCUT2D eigenvalue weighted by Gasteiger charge is -2.21. The maximum absolute atomic E-state index is 11.8. The largest absolute Gasteiger partial charge is 0.377 e. The van der Waals surface area contributed by atoms with E-state index < -0.39 is 0 Å². The third-order valence-corrected chi connectivity index (χ3v) is 2.99. The molecular weight excluding hydrogens is 264 g/mol. The Hall–Kier alpha value is -0.580. The molecule has 0 aliphatic carbocycles. The zero-order valence-corrected chi connectivity index (χ0v) is 13.2. The topological polar surface area (TPSA) is 55.6 Å². The molecular formula is C14H29ClN2O2. The van der Waals surface area contributed by atoms with Gasteiger partial charge in [-0.25, -0.2) is 0 Å². The van der Waals surface area contributed by atoms with Gasteiger partial charge in [0.1, 0.15) is 0 Å². The van der Waals surface area contributed by atoms with E-state index in [1.165, 1.54) is 0 Å². The fraction of sp³-hybridized carbons (Fsp3) is 0.786. The van der Waals surface area contributed by atoms with Crippen molar-refractivity contribution in [1.82, 2.24) is 4.90 Å². The Labute approximate surface area is 123 Å². The molecule has 0 fully saturated rings. The third kappa shape index (κ3) is 11.0. The Morgan fingerprint density at radius 3 is 2.63 bits per heavy atom. The smallest absolute Gasteiger partial charge is 0.222 e. The van der Waals surface area contributed by atoms with Crippen LogP contribution in [0.1, 0.15) is 33.1 Å². The molecule has 0 bridgehead atoms. The van der Waals surface area contributed by atoms with Gasteiger partial charge in [-0.1, -0.05) is 19.9 Å². The summed E-state index contributed by atoms with van der Waals surface area (Å²) in [4.78, 5) is 13.5. The van der Waals surface area contributed by atoms with E-state index in [-0.39, 0.29) is 24.4 Å². The normalized spacial score (nSPS) is 11.8. The first-order valence-electron chi connectivity index (χ1n) is 6.67. The van der Waals surface area contributed by atoms with Crippen LogP contribution in [0.5, 0.6) is 0 Å². The van der Waals surface area contributed by atoms with E-state index in [1.807, 2.05) is 7.05 Å². The molecule has 4 nitrogen and oxygen atoms in total. The minimum Gasteiger partial charge on any atom is -0.377 e. The second-order valence-electron chi connectivity index (χ2n) is 4.98. The van der Waals surface area contributed by atoms with Gasteiger partial charge in [-0.05, 0) is 18.8 Å². The quantitative estimate of drug-likeness (QED) is 0.496. The molecule has 0 rings (SSSR count). The van der Waals surface area contributed by atoms with Crippen molar-refractivity contribution in [3.8, 4) is 0 Å². The Kier molecular flexibility index (Phi) is 13.6. The number of halogens is 1. The average molecular weight is 293 g/mol. The summed E-state index contributed by atoms with van der Waals surface area (Å²) >= 11 is 0. The second kappa shape index (κ2) is 12.5. The number of carbonyl (C=O) groups excluding carboxylic acids is 1. The lowest BCUT2D eigenvalue weighted by molar-refractivity contribution is -0.130. The summed E-state index contributed by atoms with van der Waals surface area (Å²) in [6.07, 6.45) is 3.85. The van der Waals surface area contributed by atoms with Crippen molar-refractivity contribution in [2.45, 2.75) is 39.2 Å². The predicted molar refractivity (Wildman–Crippen MR) is 82.6 cm³/mol. The van der Waals surface area contributed by atoms with Crippen molar-refractivity contribution in [1.29, 1.82) is 0 Å². The van der Waals surface area contributed by atoms with Crippen LogP contribution in [0.2, 0.25) is 0 Å². The van der Waals surface area contributed by atoms with Crippen LogP contribution in [0.25, 0.3) is 0 Å². The summed E-state index contributed by atoms with van der Waals surface area (Å²) in [6, 6.07) is 0.163. The second-order valence-corrected chi connectivity index (χ2v) is 4.98. The Morgan fingerprint density at radius 1 is 1.47 bits per heavy atom. The molecule has 0 radical (unpaired) electrons. The van der Waals surface area contributed by atoms with E-state index in [0.717, 1.165) is 19.4 Å². The highest BCUT2D eigenvalue weighted by Gasteiger charge is 2.12. The predicted octanol–water partition coefficient (Wildman–Crippen LogP) is 2.22. The first kappa shape index (κ1) is 20.7. The standard InChI is InChI=1S/C14H28N2O2.ClH/c1-5-10-18-11-6-7-14(17)16(4)9-8-13(15)12(2)3;/h5,12-13H,1,6-11,15H2,2-4H3;1H. The van der Waals surface area contributed by atoms with Crippen LogP contribution in [0.4, 0.5) is 0 Å². The van der Waals surface area contributed by atoms with Crippen LogP contribution in [0.15, 0.2) is 12.7 Å². The zero-order valence-electron chi connectivity index (χ0n) is 12.4. The maximum Gasteiger partial charge on any atom is 0.222 e. The van der Waals surface area contributed by atoms with Gasteiger partial charge in [0.05, 0.1) is 6.61 Å². The molecule has 0 aromatic rings. The molecule has 0 saturated heterocycles. The molecule has 0 aliphatic rings. The summed E-state index contributed by atoms with van der Waals surface area (Å²) in [5.41, 5.74) is 5.95. The molecule has 0 heterocycles. The van der Waals surface area contributed by atoms with Crippen LogP contribution in [-0.2, 0) is 9.53 Å².